The Kier molecular flexibility index (Phi) is 5.11. The fourth-order valence-corrected chi connectivity index (χ4v) is 2.17. The van der Waals surface area contributed by atoms with Crippen LogP contribution < -0.4 is 5.32 Å². The summed E-state index contributed by atoms with van der Waals surface area (Å²) >= 11 is 0. The first-order valence-electron chi connectivity index (χ1n) is 6.79. The molecule has 0 fully saturated rings. The van der Waals surface area contributed by atoms with Gasteiger partial charge in [0, 0.05) is 18.6 Å². The lowest BCUT2D eigenvalue weighted by atomic mass is 10.2. The zero-order valence-electron chi connectivity index (χ0n) is 12.0. The van der Waals surface area contributed by atoms with Gasteiger partial charge in [0.15, 0.2) is 6.29 Å². The molecule has 0 bridgehead atoms. The Balaban J connectivity index is 2.31. The van der Waals surface area contributed by atoms with Crippen LogP contribution in [0, 0.1) is 5.82 Å². The number of benzene rings is 1. The van der Waals surface area contributed by atoms with E-state index in [2.05, 4.69) is 5.32 Å². The number of furan rings is 1. The van der Waals surface area contributed by atoms with Crippen molar-refractivity contribution in [3.63, 3.8) is 0 Å². The Morgan fingerprint density at radius 2 is 1.90 bits per heavy atom. The molecule has 4 nitrogen and oxygen atoms in total. The number of likely N-dealkylation sites (N-methyl/N-ethyl adjacent to an activating group) is 1. The minimum absolute atomic E-state index is 0.245. The van der Waals surface area contributed by atoms with Gasteiger partial charge in [-0.25, -0.2) is 4.39 Å². The molecule has 2 aromatic rings. The molecule has 1 N–H and O–H groups in total. The maximum absolute atomic E-state index is 13.2. The third-order valence-electron chi connectivity index (χ3n) is 3.05. The molecule has 0 aliphatic rings. The van der Waals surface area contributed by atoms with Crippen molar-refractivity contribution in [1.82, 2.24) is 5.32 Å². The summed E-state index contributed by atoms with van der Waals surface area (Å²) in [5, 5.41) is 3.85. The minimum atomic E-state index is -0.444. The highest BCUT2D eigenvalue weighted by atomic mass is 19.1. The van der Waals surface area contributed by atoms with Crippen molar-refractivity contribution in [1.29, 1.82) is 0 Å². The quantitative estimate of drug-likeness (QED) is 0.791. The van der Waals surface area contributed by atoms with Crippen molar-refractivity contribution in [2.75, 3.05) is 20.3 Å². The number of fused-ring (bicyclic) bond motifs is 1. The van der Waals surface area contributed by atoms with Gasteiger partial charge in [-0.1, -0.05) is 0 Å². The van der Waals surface area contributed by atoms with Crippen molar-refractivity contribution in [3.8, 4) is 0 Å². The summed E-state index contributed by atoms with van der Waals surface area (Å²) in [6, 6.07) is 6.02. The number of nitrogens with one attached hydrogen (secondary N) is 1. The van der Waals surface area contributed by atoms with Crippen LogP contribution in [0.1, 0.15) is 25.6 Å². The van der Waals surface area contributed by atoms with Gasteiger partial charge in [0.1, 0.15) is 23.2 Å². The third kappa shape index (κ3) is 3.17. The van der Waals surface area contributed by atoms with E-state index in [1.807, 2.05) is 27.0 Å². The molecule has 0 radical (unpaired) electrons. The van der Waals surface area contributed by atoms with E-state index in [9.17, 15) is 4.39 Å². The van der Waals surface area contributed by atoms with Crippen molar-refractivity contribution < 1.29 is 18.3 Å². The normalized spacial score (nSPS) is 13.2. The average molecular weight is 281 g/mol. The maximum Gasteiger partial charge on any atom is 0.179 e. The molecule has 0 spiro atoms. The van der Waals surface area contributed by atoms with Crippen molar-refractivity contribution >= 4 is 11.0 Å². The van der Waals surface area contributed by atoms with E-state index < -0.39 is 6.29 Å². The molecule has 1 aromatic heterocycles. The number of ether oxygens (including phenoxy) is 2. The Hall–Kier alpha value is -1.43. The van der Waals surface area contributed by atoms with Gasteiger partial charge in [0.2, 0.25) is 0 Å². The lowest BCUT2D eigenvalue weighted by Crippen LogP contribution is -2.33. The van der Waals surface area contributed by atoms with E-state index >= 15 is 0 Å². The van der Waals surface area contributed by atoms with E-state index in [1.165, 1.54) is 12.1 Å². The summed E-state index contributed by atoms with van der Waals surface area (Å²) in [4.78, 5) is 0. The fraction of sp³-hybridized carbons (Fsp3) is 0.467. The van der Waals surface area contributed by atoms with Crippen LogP contribution in [-0.2, 0) is 9.47 Å². The highest BCUT2D eigenvalue weighted by molar-refractivity contribution is 5.78. The molecule has 0 aliphatic carbocycles. The summed E-state index contributed by atoms with van der Waals surface area (Å²) in [5.74, 6) is 0.386. The molecule has 1 atom stereocenters. The molecule has 20 heavy (non-hydrogen) atoms. The molecule has 110 valence electrons. The summed E-state index contributed by atoms with van der Waals surface area (Å²) in [5.41, 5.74) is 0.647. The van der Waals surface area contributed by atoms with Gasteiger partial charge < -0.3 is 19.2 Å². The Morgan fingerprint density at radius 3 is 2.50 bits per heavy atom. The van der Waals surface area contributed by atoms with Crippen LogP contribution in [0.5, 0.6) is 0 Å². The van der Waals surface area contributed by atoms with Gasteiger partial charge in [-0.15, -0.1) is 0 Å². The van der Waals surface area contributed by atoms with Gasteiger partial charge in [-0.05, 0) is 45.2 Å². The van der Waals surface area contributed by atoms with E-state index in [4.69, 9.17) is 13.9 Å². The van der Waals surface area contributed by atoms with E-state index in [-0.39, 0.29) is 11.9 Å². The molecule has 0 saturated heterocycles. The van der Waals surface area contributed by atoms with Gasteiger partial charge in [0.25, 0.3) is 0 Å². The van der Waals surface area contributed by atoms with Crippen molar-refractivity contribution in [3.05, 3.63) is 35.8 Å². The van der Waals surface area contributed by atoms with Crippen LogP contribution in [0.2, 0.25) is 0 Å². The molecule has 1 aromatic carbocycles. The average Bonchev–Trinajstić information content (AvgIpc) is 2.82. The summed E-state index contributed by atoms with van der Waals surface area (Å²) in [7, 11) is 1.81. The second-order valence-corrected chi connectivity index (χ2v) is 4.38. The fourth-order valence-electron chi connectivity index (χ4n) is 2.17. The predicted molar refractivity (Wildman–Crippen MR) is 75.0 cm³/mol. The van der Waals surface area contributed by atoms with Gasteiger partial charge in [-0.2, -0.15) is 0 Å². The second kappa shape index (κ2) is 6.83. The van der Waals surface area contributed by atoms with Crippen LogP contribution in [0.4, 0.5) is 4.39 Å². The maximum atomic E-state index is 13.2. The first kappa shape index (κ1) is 15.0. The minimum Gasteiger partial charge on any atom is -0.459 e. The Labute approximate surface area is 117 Å². The van der Waals surface area contributed by atoms with Crippen molar-refractivity contribution in [2.24, 2.45) is 0 Å². The van der Waals surface area contributed by atoms with Crippen LogP contribution in [0.3, 0.4) is 0 Å². The smallest absolute Gasteiger partial charge is 0.179 e. The molecule has 5 heteroatoms. The molecule has 1 heterocycles. The standard InChI is InChI=1S/C15H20FNO3/c1-4-18-15(19-5-2)14(17-3)13-9-10-8-11(16)6-7-12(10)20-13/h6-9,14-15,17H,4-5H2,1-3H3. The Morgan fingerprint density at radius 1 is 1.20 bits per heavy atom. The number of halogens is 1. The summed E-state index contributed by atoms with van der Waals surface area (Å²) < 4.78 is 30.2. The third-order valence-corrected chi connectivity index (χ3v) is 3.05. The second-order valence-electron chi connectivity index (χ2n) is 4.38. The Bertz CT molecular complexity index is 549. The molecule has 0 aliphatic heterocycles. The summed E-state index contributed by atoms with van der Waals surface area (Å²) in [6.07, 6.45) is -0.444. The predicted octanol–water partition coefficient (Wildman–Crippen LogP) is 3.23. The highest BCUT2D eigenvalue weighted by Crippen LogP contribution is 2.27. The number of hydrogen-bond acceptors (Lipinski definition) is 4. The molecule has 0 saturated carbocycles. The largest absolute Gasteiger partial charge is 0.459 e. The highest BCUT2D eigenvalue weighted by Gasteiger charge is 2.26. The van der Waals surface area contributed by atoms with E-state index in [1.54, 1.807) is 6.07 Å². The lowest BCUT2D eigenvalue weighted by molar-refractivity contribution is -0.156. The van der Waals surface area contributed by atoms with Crippen LogP contribution in [-0.4, -0.2) is 26.6 Å². The van der Waals surface area contributed by atoms with Crippen molar-refractivity contribution in [2.45, 2.75) is 26.2 Å². The molecular weight excluding hydrogens is 261 g/mol. The van der Waals surface area contributed by atoms with Crippen LogP contribution in [0.25, 0.3) is 11.0 Å². The van der Waals surface area contributed by atoms with Gasteiger partial charge in [0.05, 0.1) is 0 Å². The molecule has 1 unspecified atom stereocenters. The monoisotopic (exact) mass is 281 g/mol. The first-order chi connectivity index (χ1) is 9.69. The van der Waals surface area contributed by atoms with Crippen LogP contribution in [0.15, 0.2) is 28.7 Å². The van der Waals surface area contributed by atoms with Gasteiger partial charge >= 0.3 is 0 Å². The zero-order valence-corrected chi connectivity index (χ0v) is 12.0. The van der Waals surface area contributed by atoms with Gasteiger partial charge in [-0.3, -0.25) is 0 Å². The first-order valence-corrected chi connectivity index (χ1v) is 6.79. The topological polar surface area (TPSA) is 43.6 Å². The van der Waals surface area contributed by atoms with E-state index in [0.29, 0.717) is 24.6 Å². The summed E-state index contributed by atoms with van der Waals surface area (Å²) in [6.45, 7) is 4.90. The van der Waals surface area contributed by atoms with Crippen LogP contribution >= 0.6 is 0 Å². The molecular formula is C15H20FNO3. The molecule has 0 amide bonds. The lowest BCUT2D eigenvalue weighted by Gasteiger charge is -2.24. The number of rotatable bonds is 7. The number of hydrogen-bond donors (Lipinski definition) is 1. The van der Waals surface area contributed by atoms with E-state index in [0.717, 1.165) is 5.39 Å². The zero-order chi connectivity index (χ0) is 14.5. The molecule has 2 rings (SSSR count). The SMILES string of the molecule is CCOC(OCC)C(NC)c1cc2cc(F)ccc2o1.